The van der Waals surface area contributed by atoms with E-state index < -0.39 is 0 Å². The molecule has 1 N–H and O–H groups in total. The van der Waals surface area contributed by atoms with E-state index in [9.17, 15) is 0 Å². The fraction of sp³-hybridized carbons (Fsp3) is 0.647. The first-order valence-electron chi connectivity index (χ1n) is 7.11. The highest BCUT2D eigenvalue weighted by Crippen LogP contribution is 2.36. The van der Waals surface area contributed by atoms with E-state index in [1.165, 1.54) is 11.1 Å². The van der Waals surface area contributed by atoms with Crippen LogP contribution in [0.3, 0.4) is 0 Å². The maximum absolute atomic E-state index is 5.51. The van der Waals surface area contributed by atoms with Gasteiger partial charge in [-0.25, -0.2) is 0 Å². The molecule has 0 radical (unpaired) electrons. The van der Waals surface area contributed by atoms with Gasteiger partial charge < -0.3 is 10.1 Å². The third kappa shape index (κ3) is 4.24. The highest BCUT2D eigenvalue weighted by atomic mass is 16.5. The molecular formula is C17H29NO. The predicted molar refractivity (Wildman–Crippen MR) is 82.8 cm³/mol. The van der Waals surface area contributed by atoms with Crippen molar-refractivity contribution in [2.24, 2.45) is 11.3 Å². The van der Waals surface area contributed by atoms with Crippen LogP contribution < -0.4 is 10.1 Å². The molecule has 0 spiro atoms. The molecular weight excluding hydrogens is 234 g/mol. The van der Waals surface area contributed by atoms with Crippen molar-refractivity contribution >= 4 is 0 Å². The smallest absolute Gasteiger partial charge is 0.123 e. The van der Waals surface area contributed by atoms with Crippen molar-refractivity contribution < 1.29 is 4.74 Å². The van der Waals surface area contributed by atoms with Crippen LogP contribution in [0.25, 0.3) is 0 Å². The van der Waals surface area contributed by atoms with Gasteiger partial charge in [0.05, 0.1) is 7.11 Å². The molecule has 2 unspecified atom stereocenters. The molecule has 1 aromatic rings. The molecule has 0 fully saturated rings. The number of methoxy groups -OCH3 is 1. The largest absolute Gasteiger partial charge is 0.496 e. The topological polar surface area (TPSA) is 21.3 Å². The van der Waals surface area contributed by atoms with E-state index in [-0.39, 0.29) is 0 Å². The lowest BCUT2D eigenvalue weighted by Crippen LogP contribution is -2.25. The van der Waals surface area contributed by atoms with Crippen LogP contribution in [-0.4, -0.2) is 14.2 Å². The Kier molecular flexibility index (Phi) is 5.42. The quantitative estimate of drug-likeness (QED) is 0.853. The predicted octanol–water partition coefficient (Wildman–Crippen LogP) is 4.34. The van der Waals surface area contributed by atoms with Crippen molar-refractivity contribution in [2.75, 3.05) is 14.2 Å². The highest BCUT2D eigenvalue weighted by Gasteiger charge is 2.25. The fourth-order valence-corrected chi connectivity index (χ4v) is 2.23. The lowest BCUT2D eigenvalue weighted by atomic mass is 9.77. The summed E-state index contributed by atoms with van der Waals surface area (Å²) >= 11 is 0. The second-order valence-corrected chi connectivity index (χ2v) is 6.59. The molecule has 0 amide bonds. The average molecular weight is 263 g/mol. The van der Waals surface area contributed by atoms with Gasteiger partial charge in [-0.1, -0.05) is 45.4 Å². The summed E-state index contributed by atoms with van der Waals surface area (Å²) in [4.78, 5) is 0. The molecule has 2 nitrogen and oxygen atoms in total. The Morgan fingerprint density at radius 3 is 2.37 bits per heavy atom. The zero-order chi connectivity index (χ0) is 14.6. The van der Waals surface area contributed by atoms with Crippen molar-refractivity contribution in [3.8, 4) is 5.75 Å². The summed E-state index contributed by atoms with van der Waals surface area (Å²) in [5.74, 6) is 1.61. The number of benzene rings is 1. The zero-order valence-corrected chi connectivity index (χ0v) is 13.5. The first kappa shape index (κ1) is 16.0. The van der Waals surface area contributed by atoms with Crippen LogP contribution in [-0.2, 0) is 0 Å². The Bertz CT molecular complexity index is 406. The summed E-state index contributed by atoms with van der Waals surface area (Å²) < 4.78 is 5.51. The lowest BCUT2D eigenvalue weighted by molar-refractivity contribution is 0.224. The number of nitrogens with one attached hydrogen (secondary N) is 1. The summed E-state index contributed by atoms with van der Waals surface area (Å²) in [5.41, 5.74) is 2.87. The summed E-state index contributed by atoms with van der Waals surface area (Å²) in [6.45, 7) is 11.4. The second kappa shape index (κ2) is 6.42. The molecule has 2 atom stereocenters. The minimum absolute atomic E-state index is 0.326. The Labute approximate surface area is 118 Å². The number of ether oxygens (including phenoxy) is 1. The SMILES string of the molecule is CNC(CC(C)C(C)(C)C)c1cc(C)ccc1OC. The maximum Gasteiger partial charge on any atom is 0.123 e. The Hall–Kier alpha value is -1.02. The van der Waals surface area contributed by atoms with Gasteiger partial charge in [0, 0.05) is 11.6 Å². The summed E-state index contributed by atoms with van der Waals surface area (Å²) in [6, 6.07) is 6.73. The van der Waals surface area contributed by atoms with Gasteiger partial charge in [-0.3, -0.25) is 0 Å². The van der Waals surface area contributed by atoms with Crippen LogP contribution in [0, 0.1) is 18.3 Å². The summed E-state index contributed by atoms with van der Waals surface area (Å²) in [5, 5.41) is 3.44. The van der Waals surface area contributed by atoms with Crippen LogP contribution in [0.15, 0.2) is 18.2 Å². The minimum Gasteiger partial charge on any atom is -0.496 e. The van der Waals surface area contributed by atoms with E-state index in [1.807, 2.05) is 7.05 Å². The van der Waals surface area contributed by atoms with Gasteiger partial charge in [0.25, 0.3) is 0 Å². The van der Waals surface area contributed by atoms with Crippen LogP contribution in [0.4, 0.5) is 0 Å². The molecule has 0 aliphatic rings. The molecule has 0 heterocycles. The molecule has 0 saturated carbocycles. The second-order valence-electron chi connectivity index (χ2n) is 6.59. The third-order valence-electron chi connectivity index (χ3n) is 4.18. The van der Waals surface area contributed by atoms with E-state index in [0.29, 0.717) is 17.4 Å². The lowest BCUT2D eigenvalue weighted by Gasteiger charge is -2.31. The van der Waals surface area contributed by atoms with Gasteiger partial charge in [0.15, 0.2) is 0 Å². The maximum atomic E-state index is 5.51. The molecule has 2 heteroatoms. The molecule has 0 aliphatic carbocycles. The molecule has 1 rings (SSSR count). The number of aryl methyl sites for hydroxylation is 1. The van der Waals surface area contributed by atoms with E-state index >= 15 is 0 Å². The van der Waals surface area contributed by atoms with E-state index in [2.05, 4.69) is 58.1 Å². The normalized spacial score (nSPS) is 15.1. The van der Waals surface area contributed by atoms with Crippen LogP contribution in [0.1, 0.15) is 51.3 Å². The molecule has 0 aromatic heterocycles. The van der Waals surface area contributed by atoms with Gasteiger partial charge in [-0.15, -0.1) is 0 Å². The Morgan fingerprint density at radius 2 is 1.89 bits per heavy atom. The third-order valence-corrected chi connectivity index (χ3v) is 4.18. The summed E-state index contributed by atoms with van der Waals surface area (Å²) in [6.07, 6.45) is 1.11. The van der Waals surface area contributed by atoms with Gasteiger partial charge in [-0.2, -0.15) is 0 Å². The Morgan fingerprint density at radius 1 is 1.26 bits per heavy atom. The highest BCUT2D eigenvalue weighted by molar-refractivity contribution is 5.39. The summed E-state index contributed by atoms with van der Waals surface area (Å²) in [7, 11) is 3.77. The molecule has 0 bridgehead atoms. The number of hydrogen-bond acceptors (Lipinski definition) is 2. The minimum atomic E-state index is 0.326. The monoisotopic (exact) mass is 263 g/mol. The molecule has 0 aliphatic heterocycles. The number of rotatable bonds is 5. The van der Waals surface area contributed by atoms with Crippen molar-refractivity contribution in [3.63, 3.8) is 0 Å². The van der Waals surface area contributed by atoms with Crippen LogP contribution in [0.5, 0.6) is 5.75 Å². The van der Waals surface area contributed by atoms with Gasteiger partial charge in [0.2, 0.25) is 0 Å². The number of hydrogen-bond donors (Lipinski definition) is 1. The van der Waals surface area contributed by atoms with Crippen LogP contribution >= 0.6 is 0 Å². The van der Waals surface area contributed by atoms with E-state index in [0.717, 1.165) is 12.2 Å². The molecule has 108 valence electrons. The van der Waals surface area contributed by atoms with Gasteiger partial charge in [-0.05, 0) is 37.8 Å². The fourth-order valence-electron chi connectivity index (χ4n) is 2.23. The molecule has 0 saturated heterocycles. The molecule has 1 aromatic carbocycles. The van der Waals surface area contributed by atoms with Crippen molar-refractivity contribution in [1.82, 2.24) is 5.32 Å². The van der Waals surface area contributed by atoms with Gasteiger partial charge >= 0.3 is 0 Å². The van der Waals surface area contributed by atoms with Crippen molar-refractivity contribution in [2.45, 2.75) is 47.1 Å². The first-order chi connectivity index (χ1) is 8.79. The van der Waals surface area contributed by atoms with E-state index in [1.54, 1.807) is 7.11 Å². The molecule has 19 heavy (non-hydrogen) atoms. The standard InChI is InChI=1S/C17H29NO/c1-12-8-9-16(19-7)14(10-12)15(18-6)11-13(2)17(3,4)5/h8-10,13,15,18H,11H2,1-7H3. The Balaban J connectivity index is 3.00. The van der Waals surface area contributed by atoms with Gasteiger partial charge in [0.1, 0.15) is 5.75 Å². The zero-order valence-electron chi connectivity index (χ0n) is 13.5. The van der Waals surface area contributed by atoms with E-state index in [4.69, 9.17) is 4.74 Å². The first-order valence-corrected chi connectivity index (χ1v) is 7.11. The van der Waals surface area contributed by atoms with Crippen molar-refractivity contribution in [1.29, 1.82) is 0 Å². The average Bonchev–Trinajstić information content (AvgIpc) is 2.34. The van der Waals surface area contributed by atoms with Crippen LogP contribution in [0.2, 0.25) is 0 Å². The van der Waals surface area contributed by atoms with Crippen molar-refractivity contribution in [3.05, 3.63) is 29.3 Å².